The third-order valence-corrected chi connectivity index (χ3v) is 8.04. The molecule has 3 rings (SSSR count). The number of carbonyl (C=O) groups is 2. The molecule has 0 unspecified atom stereocenters. The van der Waals surface area contributed by atoms with Gasteiger partial charge in [-0.2, -0.15) is 0 Å². The van der Waals surface area contributed by atoms with Gasteiger partial charge in [-0.15, -0.1) is 22.9 Å². The van der Waals surface area contributed by atoms with Gasteiger partial charge in [-0.05, 0) is 68.4 Å². The number of amides is 2. The molecule has 0 radical (unpaired) electrons. The lowest BCUT2D eigenvalue weighted by Gasteiger charge is -2.30. The van der Waals surface area contributed by atoms with Crippen LogP contribution in [0.1, 0.15) is 60.7 Å². The van der Waals surface area contributed by atoms with Gasteiger partial charge < -0.3 is 15.4 Å². The highest BCUT2D eigenvalue weighted by molar-refractivity contribution is 7.21. The zero-order chi connectivity index (χ0) is 22.4. The van der Waals surface area contributed by atoms with Gasteiger partial charge in [0, 0.05) is 30.8 Å². The summed E-state index contributed by atoms with van der Waals surface area (Å²) in [5, 5.41) is 7.27. The molecular weight excluding hydrogens is 432 g/mol. The maximum atomic E-state index is 12.9. The second kappa shape index (κ2) is 10.8. The van der Waals surface area contributed by atoms with Gasteiger partial charge in [-0.1, -0.05) is 18.2 Å². The largest absolute Gasteiger partial charge is 0.383 e. The third kappa shape index (κ3) is 5.79. The Hall–Kier alpha value is -1.63. The quantitative estimate of drug-likeness (QED) is 0.408. The first-order valence-electron chi connectivity index (χ1n) is 11.0. The zero-order valence-corrected chi connectivity index (χ0v) is 20.2. The standard InChI is InChI=1S/C24H33ClN2O3S/c1-24(2,15-25)23(29)27-14-16-8-10-17(11-9-16)20-18-6-4-5-7-19(18)31-21(20)22(28)26-12-13-30-3/h4-7,16-17H,8-15H2,1-3H3,(H,26,28)(H,27,29). The van der Waals surface area contributed by atoms with E-state index in [1.165, 1.54) is 10.9 Å². The van der Waals surface area contributed by atoms with Crippen molar-refractivity contribution in [3.05, 3.63) is 34.7 Å². The van der Waals surface area contributed by atoms with Gasteiger partial charge in [0.25, 0.3) is 5.91 Å². The first-order chi connectivity index (χ1) is 14.9. The van der Waals surface area contributed by atoms with E-state index in [-0.39, 0.29) is 11.8 Å². The number of alkyl halides is 1. The number of carbonyl (C=O) groups excluding carboxylic acids is 2. The van der Waals surface area contributed by atoms with Crippen LogP contribution in [0.15, 0.2) is 24.3 Å². The molecule has 31 heavy (non-hydrogen) atoms. The van der Waals surface area contributed by atoms with Crippen molar-refractivity contribution in [2.24, 2.45) is 11.3 Å². The predicted molar refractivity (Wildman–Crippen MR) is 128 cm³/mol. The molecule has 0 atom stereocenters. The smallest absolute Gasteiger partial charge is 0.261 e. The first-order valence-corrected chi connectivity index (χ1v) is 12.3. The number of ether oxygens (including phenoxy) is 1. The first kappa shape index (κ1) is 24.0. The van der Waals surface area contributed by atoms with Crippen molar-refractivity contribution < 1.29 is 14.3 Å². The summed E-state index contributed by atoms with van der Waals surface area (Å²) < 4.78 is 6.22. The molecule has 2 aromatic rings. The second-order valence-electron chi connectivity index (χ2n) is 9.03. The van der Waals surface area contributed by atoms with Crippen LogP contribution in [0.5, 0.6) is 0 Å². The lowest BCUT2D eigenvalue weighted by Crippen LogP contribution is -2.40. The molecule has 0 bridgehead atoms. The van der Waals surface area contributed by atoms with Crippen molar-refractivity contribution >= 4 is 44.8 Å². The summed E-state index contributed by atoms with van der Waals surface area (Å²) in [7, 11) is 1.63. The summed E-state index contributed by atoms with van der Waals surface area (Å²) in [6.45, 7) is 5.44. The minimum Gasteiger partial charge on any atom is -0.383 e. The van der Waals surface area contributed by atoms with Gasteiger partial charge in [0.15, 0.2) is 0 Å². The Morgan fingerprint density at radius 3 is 2.55 bits per heavy atom. The van der Waals surface area contributed by atoms with Crippen molar-refractivity contribution in [3.63, 3.8) is 0 Å². The molecule has 170 valence electrons. The van der Waals surface area contributed by atoms with Crippen LogP contribution in [0.25, 0.3) is 10.1 Å². The van der Waals surface area contributed by atoms with Crippen LogP contribution in [0.3, 0.4) is 0 Å². The van der Waals surface area contributed by atoms with E-state index in [0.29, 0.717) is 37.4 Å². The number of hydrogen-bond acceptors (Lipinski definition) is 4. The summed E-state index contributed by atoms with van der Waals surface area (Å²) >= 11 is 7.50. The fourth-order valence-corrected chi connectivity index (χ4v) is 5.51. The number of methoxy groups -OCH3 is 1. The van der Waals surface area contributed by atoms with E-state index < -0.39 is 5.41 Å². The van der Waals surface area contributed by atoms with Crippen molar-refractivity contribution in [1.82, 2.24) is 10.6 Å². The van der Waals surface area contributed by atoms with Gasteiger partial charge >= 0.3 is 0 Å². The molecular formula is C24H33ClN2O3S. The van der Waals surface area contributed by atoms with Crippen molar-refractivity contribution in [3.8, 4) is 0 Å². The Morgan fingerprint density at radius 1 is 1.16 bits per heavy atom. The van der Waals surface area contributed by atoms with E-state index in [9.17, 15) is 9.59 Å². The molecule has 1 fully saturated rings. The summed E-state index contributed by atoms with van der Waals surface area (Å²) in [6.07, 6.45) is 4.14. The number of hydrogen-bond donors (Lipinski definition) is 2. The Labute approximate surface area is 193 Å². The van der Waals surface area contributed by atoms with E-state index in [0.717, 1.165) is 35.3 Å². The molecule has 1 aromatic heterocycles. The Balaban J connectivity index is 1.68. The molecule has 2 N–H and O–H groups in total. The minimum absolute atomic E-state index is 0.00839. The van der Waals surface area contributed by atoms with Gasteiger partial charge in [-0.25, -0.2) is 0 Å². The number of fused-ring (bicyclic) bond motifs is 1. The lowest BCUT2D eigenvalue weighted by atomic mass is 9.77. The highest BCUT2D eigenvalue weighted by Gasteiger charge is 2.31. The molecule has 1 aliphatic rings. The topological polar surface area (TPSA) is 67.4 Å². The van der Waals surface area contributed by atoms with Gasteiger partial charge in [0.1, 0.15) is 0 Å². The second-order valence-corrected chi connectivity index (χ2v) is 10.4. The monoisotopic (exact) mass is 464 g/mol. The number of halogens is 1. The number of rotatable bonds is 9. The fourth-order valence-electron chi connectivity index (χ4n) is 4.18. The molecule has 7 heteroatoms. The van der Waals surface area contributed by atoms with Crippen molar-refractivity contribution in [2.45, 2.75) is 45.4 Å². The van der Waals surface area contributed by atoms with Gasteiger partial charge in [-0.3, -0.25) is 9.59 Å². The zero-order valence-electron chi connectivity index (χ0n) is 18.6. The molecule has 5 nitrogen and oxygen atoms in total. The fraction of sp³-hybridized carbons (Fsp3) is 0.583. The average Bonchev–Trinajstić information content (AvgIpc) is 3.17. The minimum atomic E-state index is -0.542. The van der Waals surface area contributed by atoms with E-state index in [1.807, 2.05) is 26.0 Å². The van der Waals surface area contributed by atoms with Crippen molar-refractivity contribution in [1.29, 1.82) is 0 Å². The lowest BCUT2D eigenvalue weighted by molar-refractivity contribution is -0.128. The van der Waals surface area contributed by atoms with Crippen LogP contribution in [0, 0.1) is 11.3 Å². The third-order valence-electron chi connectivity index (χ3n) is 6.19. The van der Waals surface area contributed by atoms with Gasteiger partial charge in [0.05, 0.1) is 16.9 Å². The van der Waals surface area contributed by atoms with E-state index in [1.54, 1.807) is 18.4 Å². The molecule has 1 aromatic carbocycles. The molecule has 0 spiro atoms. The maximum Gasteiger partial charge on any atom is 0.261 e. The molecule has 1 heterocycles. The van der Waals surface area contributed by atoms with Crippen LogP contribution in [-0.2, 0) is 9.53 Å². The number of thiophene rings is 1. The van der Waals surface area contributed by atoms with Crippen LogP contribution in [0.2, 0.25) is 0 Å². The normalized spacial score (nSPS) is 19.4. The predicted octanol–water partition coefficient (Wildman–Crippen LogP) is 4.93. The van der Waals surface area contributed by atoms with E-state index >= 15 is 0 Å². The highest BCUT2D eigenvalue weighted by Crippen LogP contribution is 2.43. The summed E-state index contributed by atoms with van der Waals surface area (Å²) in [6, 6.07) is 8.30. The van der Waals surface area contributed by atoms with E-state index in [4.69, 9.17) is 16.3 Å². The maximum absolute atomic E-state index is 12.9. The van der Waals surface area contributed by atoms with Crippen LogP contribution >= 0.6 is 22.9 Å². The SMILES string of the molecule is COCCNC(=O)c1sc2ccccc2c1C1CCC(CNC(=O)C(C)(C)CCl)CC1. The van der Waals surface area contributed by atoms with Crippen LogP contribution in [-0.4, -0.2) is 44.5 Å². The Kier molecular flexibility index (Phi) is 8.36. The highest BCUT2D eigenvalue weighted by atomic mass is 35.5. The molecule has 1 saturated carbocycles. The number of nitrogens with one attached hydrogen (secondary N) is 2. The summed E-state index contributed by atoms with van der Waals surface area (Å²) in [5.74, 6) is 1.15. The number of benzene rings is 1. The van der Waals surface area contributed by atoms with Crippen LogP contribution in [0.4, 0.5) is 0 Å². The van der Waals surface area contributed by atoms with Gasteiger partial charge in [0.2, 0.25) is 5.91 Å². The molecule has 1 aliphatic carbocycles. The van der Waals surface area contributed by atoms with Crippen LogP contribution < -0.4 is 10.6 Å². The summed E-state index contributed by atoms with van der Waals surface area (Å²) in [4.78, 5) is 26.0. The molecule has 2 amide bonds. The average molecular weight is 465 g/mol. The molecule has 0 aliphatic heterocycles. The Bertz CT molecular complexity index is 903. The van der Waals surface area contributed by atoms with E-state index in [2.05, 4.69) is 22.8 Å². The van der Waals surface area contributed by atoms with Crippen molar-refractivity contribution in [2.75, 3.05) is 32.7 Å². The summed E-state index contributed by atoms with van der Waals surface area (Å²) in [5.41, 5.74) is 0.653. The molecule has 0 saturated heterocycles. The Morgan fingerprint density at radius 2 is 1.87 bits per heavy atom.